The van der Waals surface area contributed by atoms with E-state index < -0.39 is 0 Å². The van der Waals surface area contributed by atoms with Crippen LogP contribution in [0.1, 0.15) is 11.1 Å². The van der Waals surface area contributed by atoms with Gasteiger partial charge in [-0.15, -0.1) is 11.6 Å². The SMILES string of the molecule is Cc1cnn(Cc2ccccc2)c1NC(=O)CCl. The highest BCUT2D eigenvalue weighted by molar-refractivity contribution is 6.29. The Bertz CT molecular complexity index is 536. The molecule has 0 spiro atoms. The molecule has 0 aliphatic carbocycles. The zero-order chi connectivity index (χ0) is 13.0. The molecule has 2 aromatic rings. The van der Waals surface area contributed by atoms with E-state index in [1.54, 1.807) is 10.9 Å². The molecule has 4 nitrogen and oxygen atoms in total. The van der Waals surface area contributed by atoms with Crippen molar-refractivity contribution in [3.8, 4) is 0 Å². The molecule has 0 atom stereocenters. The number of carbonyl (C=O) groups is 1. The van der Waals surface area contributed by atoms with E-state index >= 15 is 0 Å². The molecular weight excluding hydrogens is 250 g/mol. The van der Waals surface area contributed by atoms with E-state index in [9.17, 15) is 4.79 Å². The van der Waals surface area contributed by atoms with E-state index in [0.29, 0.717) is 12.4 Å². The number of benzene rings is 1. The van der Waals surface area contributed by atoms with Crippen molar-refractivity contribution >= 4 is 23.3 Å². The third-order valence-corrected chi connectivity index (χ3v) is 2.82. The van der Waals surface area contributed by atoms with E-state index in [1.165, 1.54) is 0 Å². The predicted molar refractivity (Wildman–Crippen MR) is 71.9 cm³/mol. The second-order valence-electron chi connectivity index (χ2n) is 4.00. The first kappa shape index (κ1) is 12.6. The number of anilines is 1. The Morgan fingerprint density at radius 1 is 1.39 bits per heavy atom. The van der Waals surface area contributed by atoms with E-state index in [-0.39, 0.29) is 11.8 Å². The number of carbonyl (C=O) groups excluding carboxylic acids is 1. The summed E-state index contributed by atoms with van der Waals surface area (Å²) in [6, 6.07) is 9.95. The van der Waals surface area contributed by atoms with Gasteiger partial charge in [-0.1, -0.05) is 30.3 Å². The van der Waals surface area contributed by atoms with Crippen molar-refractivity contribution in [2.75, 3.05) is 11.2 Å². The number of halogens is 1. The minimum absolute atomic E-state index is 0.0596. The van der Waals surface area contributed by atoms with Crippen LogP contribution in [0.3, 0.4) is 0 Å². The van der Waals surface area contributed by atoms with Gasteiger partial charge in [0.2, 0.25) is 5.91 Å². The lowest BCUT2D eigenvalue weighted by Gasteiger charge is -2.09. The average molecular weight is 264 g/mol. The lowest BCUT2D eigenvalue weighted by atomic mass is 10.2. The van der Waals surface area contributed by atoms with Crippen molar-refractivity contribution in [1.82, 2.24) is 9.78 Å². The van der Waals surface area contributed by atoms with Gasteiger partial charge in [0.05, 0.1) is 12.7 Å². The number of alkyl halides is 1. The maximum atomic E-state index is 11.4. The second-order valence-corrected chi connectivity index (χ2v) is 4.27. The molecule has 1 aromatic heterocycles. The molecule has 5 heteroatoms. The molecule has 18 heavy (non-hydrogen) atoms. The lowest BCUT2D eigenvalue weighted by Crippen LogP contribution is -2.17. The highest BCUT2D eigenvalue weighted by Gasteiger charge is 2.10. The molecule has 0 aliphatic heterocycles. The van der Waals surface area contributed by atoms with Crippen LogP contribution < -0.4 is 5.32 Å². The van der Waals surface area contributed by atoms with Crippen molar-refractivity contribution in [2.45, 2.75) is 13.5 Å². The number of rotatable bonds is 4. The fourth-order valence-electron chi connectivity index (χ4n) is 1.68. The minimum atomic E-state index is -0.227. The van der Waals surface area contributed by atoms with Gasteiger partial charge in [0, 0.05) is 5.56 Å². The molecule has 94 valence electrons. The summed E-state index contributed by atoms with van der Waals surface area (Å²) in [6.07, 6.45) is 1.73. The van der Waals surface area contributed by atoms with Gasteiger partial charge in [-0.05, 0) is 12.5 Å². The molecule has 2 rings (SSSR count). The molecule has 0 radical (unpaired) electrons. The summed E-state index contributed by atoms with van der Waals surface area (Å²) in [7, 11) is 0. The molecule has 0 unspecified atom stereocenters. The first-order chi connectivity index (χ1) is 8.70. The van der Waals surface area contributed by atoms with Crippen LogP contribution in [0, 0.1) is 6.92 Å². The average Bonchev–Trinajstić information content (AvgIpc) is 2.72. The zero-order valence-corrected chi connectivity index (χ0v) is 10.8. The Morgan fingerprint density at radius 2 is 2.11 bits per heavy atom. The highest BCUT2D eigenvalue weighted by Crippen LogP contribution is 2.15. The maximum Gasteiger partial charge on any atom is 0.240 e. The molecule has 1 heterocycles. The van der Waals surface area contributed by atoms with Crippen molar-refractivity contribution in [2.24, 2.45) is 0 Å². The third kappa shape index (κ3) is 2.90. The van der Waals surface area contributed by atoms with Gasteiger partial charge in [0.15, 0.2) is 0 Å². The molecule has 0 saturated heterocycles. The minimum Gasteiger partial charge on any atom is -0.310 e. The van der Waals surface area contributed by atoms with Gasteiger partial charge >= 0.3 is 0 Å². The molecular formula is C13H14ClN3O. The van der Waals surface area contributed by atoms with E-state index in [4.69, 9.17) is 11.6 Å². The fraction of sp³-hybridized carbons (Fsp3) is 0.231. The molecule has 0 fully saturated rings. The number of amides is 1. The summed E-state index contributed by atoms with van der Waals surface area (Å²) in [5.41, 5.74) is 2.05. The van der Waals surface area contributed by atoms with Gasteiger partial charge in [0.1, 0.15) is 11.7 Å². The topological polar surface area (TPSA) is 46.9 Å². The van der Waals surface area contributed by atoms with E-state index in [2.05, 4.69) is 10.4 Å². The van der Waals surface area contributed by atoms with Crippen LogP contribution in [-0.2, 0) is 11.3 Å². The van der Waals surface area contributed by atoms with Crippen LogP contribution in [0.15, 0.2) is 36.5 Å². The zero-order valence-electron chi connectivity index (χ0n) is 10.1. The number of nitrogens with one attached hydrogen (secondary N) is 1. The van der Waals surface area contributed by atoms with E-state index in [1.807, 2.05) is 37.3 Å². The Balaban J connectivity index is 2.21. The largest absolute Gasteiger partial charge is 0.310 e. The van der Waals surface area contributed by atoms with Gasteiger partial charge in [-0.3, -0.25) is 4.79 Å². The molecule has 0 aliphatic rings. The van der Waals surface area contributed by atoms with Crippen LogP contribution >= 0.6 is 11.6 Å². The second kappa shape index (κ2) is 5.69. The number of aromatic nitrogens is 2. The fourth-order valence-corrected chi connectivity index (χ4v) is 1.75. The lowest BCUT2D eigenvalue weighted by molar-refractivity contribution is -0.114. The van der Waals surface area contributed by atoms with Crippen molar-refractivity contribution in [3.63, 3.8) is 0 Å². The van der Waals surface area contributed by atoms with Crippen molar-refractivity contribution < 1.29 is 4.79 Å². The maximum absolute atomic E-state index is 11.4. The standard InChI is InChI=1S/C13H14ClN3O/c1-10-8-15-17(13(10)16-12(18)7-14)9-11-5-3-2-4-6-11/h2-6,8H,7,9H2,1H3,(H,16,18). The molecule has 1 amide bonds. The van der Waals surface area contributed by atoms with Crippen molar-refractivity contribution in [3.05, 3.63) is 47.7 Å². The Labute approximate surface area is 111 Å². The Kier molecular flexibility index (Phi) is 3.99. The molecule has 0 saturated carbocycles. The van der Waals surface area contributed by atoms with Gasteiger partial charge in [0.25, 0.3) is 0 Å². The highest BCUT2D eigenvalue weighted by atomic mass is 35.5. The summed E-state index contributed by atoms with van der Waals surface area (Å²) in [5.74, 6) is 0.412. The first-order valence-electron chi connectivity index (χ1n) is 5.63. The van der Waals surface area contributed by atoms with Gasteiger partial charge in [-0.25, -0.2) is 4.68 Å². The van der Waals surface area contributed by atoms with E-state index in [0.717, 1.165) is 11.1 Å². The van der Waals surface area contributed by atoms with Crippen molar-refractivity contribution in [1.29, 1.82) is 0 Å². The van der Waals surface area contributed by atoms with Crippen LogP contribution in [0.2, 0.25) is 0 Å². The summed E-state index contributed by atoms with van der Waals surface area (Å²) in [5, 5.41) is 7.02. The van der Waals surface area contributed by atoms with Crippen LogP contribution in [0.5, 0.6) is 0 Å². The van der Waals surface area contributed by atoms with Gasteiger partial charge < -0.3 is 5.32 Å². The van der Waals surface area contributed by atoms with Crippen LogP contribution in [0.4, 0.5) is 5.82 Å². The number of aryl methyl sites for hydroxylation is 1. The summed E-state index contributed by atoms with van der Waals surface area (Å²) in [6.45, 7) is 2.52. The normalized spacial score (nSPS) is 10.3. The smallest absolute Gasteiger partial charge is 0.240 e. The summed E-state index contributed by atoms with van der Waals surface area (Å²) < 4.78 is 1.76. The monoisotopic (exact) mass is 263 g/mol. The molecule has 1 N–H and O–H groups in total. The number of nitrogens with zero attached hydrogens (tertiary/aromatic N) is 2. The number of hydrogen-bond donors (Lipinski definition) is 1. The molecule has 1 aromatic carbocycles. The quantitative estimate of drug-likeness (QED) is 0.861. The first-order valence-corrected chi connectivity index (χ1v) is 6.16. The predicted octanol–water partition coefficient (Wildman–Crippen LogP) is 2.42. The Hall–Kier alpha value is -1.81. The Morgan fingerprint density at radius 3 is 2.78 bits per heavy atom. The van der Waals surface area contributed by atoms with Gasteiger partial charge in [-0.2, -0.15) is 5.10 Å². The van der Waals surface area contributed by atoms with Crippen LogP contribution in [-0.4, -0.2) is 21.6 Å². The summed E-state index contributed by atoms with van der Waals surface area (Å²) >= 11 is 5.49. The van der Waals surface area contributed by atoms with Crippen LogP contribution in [0.25, 0.3) is 0 Å². The summed E-state index contributed by atoms with van der Waals surface area (Å²) in [4.78, 5) is 11.4. The molecule has 0 bridgehead atoms. The third-order valence-electron chi connectivity index (χ3n) is 2.58. The number of hydrogen-bond acceptors (Lipinski definition) is 2.